The number of Topliss-reactive ketones (excluding diaryl/α,β-unsaturated/α-hetero) is 1. The fourth-order valence-electron chi connectivity index (χ4n) is 2.44. The van der Waals surface area contributed by atoms with Crippen LogP contribution in [0.2, 0.25) is 0 Å². The first-order valence-corrected chi connectivity index (χ1v) is 5.87. The van der Waals surface area contributed by atoms with Gasteiger partial charge in [-0.1, -0.05) is 31.1 Å². The minimum absolute atomic E-state index is 0.213. The van der Waals surface area contributed by atoms with Gasteiger partial charge in [-0.25, -0.2) is 0 Å². The molecule has 1 atom stereocenters. The number of carbonyl (C=O) groups excluding carboxylic acids is 1. The molecule has 0 aliphatic heterocycles. The van der Waals surface area contributed by atoms with E-state index in [1.807, 2.05) is 6.08 Å². The zero-order chi connectivity index (χ0) is 10.7. The summed E-state index contributed by atoms with van der Waals surface area (Å²) >= 11 is 0. The van der Waals surface area contributed by atoms with Crippen molar-refractivity contribution in [1.29, 1.82) is 0 Å². The zero-order valence-corrected chi connectivity index (χ0v) is 8.98. The number of hydrogen-bond acceptors (Lipinski definition) is 2. The Bertz CT molecular complexity index is 296. The third-order valence-electron chi connectivity index (χ3n) is 3.41. The maximum atomic E-state index is 11.3. The number of allylic oxidation sites excluding steroid dienone is 3. The maximum Gasteiger partial charge on any atom is 0.162 e. The molecule has 0 heterocycles. The average molecular weight is 206 g/mol. The molecule has 15 heavy (non-hydrogen) atoms. The van der Waals surface area contributed by atoms with Gasteiger partial charge in [0.25, 0.3) is 0 Å². The molecule has 0 spiro atoms. The summed E-state index contributed by atoms with van der Waals surface area (Å²) in [5.41, 5.74) is 0.784. The Hall–Kier alpha value is -0.890. The van der Waals surface area contributed by atoms with Crippen molar-refractivity contribution in [3.05, 3.63) is 23.8 Å². The molecular weight excluding hydrogens is 188 g/mol. The normalized spacial score (nSPS) is 25.1. The average Bonchev–Trinajstić information content (AvgIpc) is 2.85. The number of ketones is 1. The molecule has 1 fully saturated rings. The molecular formula is C13H18O2. The topological polar surface area (TPSA) is 37.3 Å². The van der Waals surface area contributed by atoms with E-state index in [0.29, 0.717) is 12.3 Å². The summed E-state index contributed by atoms with van der Waals surface area (Å²) in [5, 5.41) is 9.87. The van der Waals surface area contributed by atoms with Gasteiger partial charge in [-0.05, 0) is 25.2 Å². The van der Waals surface area contributed by atoms with Crippen molar-refractivity contribution < 1.29 is 9.90 Å². The van der Waals surface area contributed by atoms with Crippen molar-refractivity contribution in [3.63, 3.8) is 0 Å². The van der Waals surface area contributed by atoms with Crippen LogP contribution in [0.3, 0.4) is 0 Å². The fraction of sp³-hybridized carbons (Fsp3) is 0.615. The molecule has 2 aliphatic carbocycles. The van der Waals surface area contributed by atoms with Crippen LogP contribution in [0, 0.1) is 5.92 Å². The molecule has 0 aromatic carbocycles. The summed E-state index contributed by atoms with van der Waals surface area (Å²) < 4.78 is 0. The van der Waals surface area contributed by atoms with Gasteiger partial charge in [-0.3, -0.25) is 4.79 Å². The van der Waals surface area contributed by atoms with E-state index >= 15 is 0 Å². The maximum absolute atomic E-state index is 11.3. The number of carbonyl (C=O) groups is 1. The smallest absolute Gasteiger partial charge is 0.162 e. The molecule has 0 aromatic rings. The molecule has 0 radical (unpaired) electrons. The first-order valence-electron chi connectivity index (χ1n) is 5.87. The lowest BCUT2D eigenvalue weighted by molar-refractivity contribution is -0.114. The monoisotopic (exact) mass is 206 g/mol. The molecule has 1 saturated carbocycles. The minimum atomic E-state index is -0.359. The van der Waals surface area contributed by atoms with Crippen molar-refractivity contribution in [2.75, 3.05) is 0 Å². The summed E-state index contributed by atoms with van der Waals surface area (Å²) in [7, 11) is 0. The third-order valence-corrected chi connectivity index (χ3v) is 3.41. The zero-order valence-electron chi connectivity index (χ0n) is 8.98. The van der Waals surface area contributed by atoms with Crippen molar-refractivity contribution in [3.8, 4) is 0 Å². The Morgan fingerprint density at radius 3 is 2.73 bits per heavy atom. The highest BCUT2D eigenvalue weighted by molar-refractivity contribution is 6.00. The number of aliphatic hydroxyl groups excluding tert-OH is 1. The van der Waals surface area contributed by atoms with E-state index in [9.17, 15) is 9.90 Å². The lowest BCUT2D eigenvalue weighted by Crippen LogP contribution is -2.14. The van der Waals surface area contributed by atoms with Gasteiger partial charge in [0.1, 0.15) is 0 Å². The van der Waals surface area contributed by atoms with Gasteiger partial charge >= 0.3 is 0 Å². The highest BCUT2D eigenvalue weighted by Gasteiger charge is 2.21. The molecule has 2 heteroatoms. The summed E-state index contributed by atoms with van der Waals surface area (Å²) in [4.78, 5) is 11.3. The number of hydrogen-bond donors (Lipinski definition) is 1. The predicted octanol–water partition coefficient (Wildman–Crippen LogP) is 2.38. The Balaban J connectivity index is 1.89. The molecule has 2 aliphatic rings. The van der Waals surface area contributed by atoms with Gasteiger partial charge in [0, 0.05) is 12.0 Å². The fourth-order valence-corrected chi connectivity index (χ4v) is 2.44. The van der Waals surface area contributed by atoms with Crippen LogP contribution in [0.5, 0.6) is 0 Å². The van der Waals surface area contributed by atoms with E-state index < -0.39 is 0 Å². The summed E-state index contributed by atoms with van der Waals surface area (Å²) in [6, 6.07) is 0. The van der Waals surface area contributed by atoms with Gasteiger partial charge in [0.2, 0.25) is 0 Å². The van der Waals surface area contributed by atoms with Crippen LogP contribution in [-0.4, -0.2) is 17.0 Å². The van der Waals surface area contributed by atoms with Crippen molar-refractivity contribution >= 4 is 5.78 Å². The van der Waals surface area contributed by atoms with Crippen molar-refractivity contribution in [2.24, 2.45) is 5.92 Å². The first-order chi connectivity index (χ1) is 7.27. The third kappa shape index (κ3) is 2.57. The molecule has 0 aromatic heterocycles. The first kappa shape index (κ1) is 10.6. The second kappa shape index (κ2) is 4.75. The van der Waals surface area contributed by atoms with E-state index in [1.165, 1.54) is 12.8 Å². The van der Waals surface area contributed by atoms with Crippen LogP contribution in [0.1, 0.15) is 38.5 Å². The largest absolute Gasteiger partial charge is 0.389 e. The molecule has 1 N–H and O–H groups in total. The van der Waals surface area contributed by atoms with E-state index in [0.717, 1.165) is 24.8 Å². The summed E-state index contributed by atoms with van der Waals surface area (Å²) in [5.74, 6) is 0.628. The van der Waals surface area contributed by atoms with Crippen LogP contribution in [-0.2, 0) is 4.79 Å². The summed E-state index contributed by atoms with van der Waals surface area (Å²) in [6.07, 6.45) is 11.4. The standard InChI is InChI=1S/C13H18O2/c14-12-7-3-6-11(12)8-9-13(15)10-4-1-2-5-10/h6,8-10,13,15H,1-5,7H2. The van der Waals surface area contributed by atoms with Crippen LogP contribution < -0.4 is 0 Å². The van der Waals surface area contributed by atoms with E-state index in [-0.39, 0.29) is 11.9 Å². The van der Waals surface area contributed by atoms with Crippen LogP contribution in [0.15, 0.2) is 23.8 Å². The van der Waals surface area contributed by atoms with Crippen LogP contribution >= 0.6 is 0 Å². The van der Waals surface area contributed by atoms with Gasteiger partial charge in [-0.15, -0.1) is 0 Å². The van der Waals surface area contributed by atoms with Gasteiger partial charge < -0.3 is 5.11 Å². The lowest BCUT2D eigenvalue weighted by atomic mass is 10.00. The highest BCUT2D eigenvalue weighted by atomic mass is 16.3. The lowest BCUT2D eigenvalue weighted by Gasteiger charge is -2.12. The van der Waals surface area contributed by atoms with E-state index in [1.54, 1.807) is 12.2 Å². The molecule has 0 saturated heterocycles. The van der Waals surface area contributed by atoms with Gasteiger partial charge in [-0.2, -0.15) is 0 Å². The Morgan fingerprint density at radius 2 is 2.13 bits per heavy atom. The van der Waals surface area contributed by atoms with Gasteiger partial charge in [0.05, 0.1) is 6.10 Å². The SMILES string of the molecule is O=C1CCC=C1C=CC(O)C1CCCC1. The van der Waals surface area contributed by atoms with Gasteiger partial charge in [0.15, 0.2) is 5.78 Å². The van der Waals surface area contributed by atoms with E-state index in [2.05, 4.69) is 0 Å². The second-order valence-electron chi connectivity index (χ2n) is 4.52. The molecule has 2 rings (SSSR count). The molecule has 2 nitrogen and oxygen atoms in total. The number of aliphatic hydroxyl groups is 1. The van der Waals surface area contributed by atoms with E-state index in [4.69, 9.17) is 0 Å². The summed E-state index contributed by atoms with van der Waals surface area (Å²) in [6.45, 7) is 0. The Morgan fingerprint density at radius 1 is 1.40 bits per heavy atom. The molecule has 0 amide bonds. The predicted molar refractivity (Wildman–Crippen MR) is 59.4 cm³/mol. The molecule has 82 valence electrons. The van der Waals surface area contributed by atoms with Crippen LogP contribution in [0.25, 0.3) is 0 Å². The molecule has 1 unspecified atom stereocenters. The van der Waals surface area contributed by atoms with Crippen molar-refractivity contribution in [2.45, 2.75) is 44.6 Å². The van der Waals surface area contributed by atoms with Crippen molar-refractivity contribution in [1.82, 2.24) is 0 Å². The van der Waals surface area contributed by atoms with Crippen LogP contribution in [0.4, 0.5) is 0 Å². The molecule has 0 bridgehead atoms. The number of rotatable bonds is 3. The highest BCUT2D eigenvalue weighted by Crippen LogP contribution is 2.28. The quantitative estimate of drug-likeness (QED) is 0.769. The Kier molecular flexibility index (Phi) is 3.37. The minimum Gasteiger partial charge on any atom is -0.389 e. The second-order valence-corrected chi connectivity index (χ2v) is 4.52. The Labute approximate surface area is 90.7 Å².